The van der Waals surface area contributed by atoms with Crippen molar-refractivity contribution in [1.82, 2.24) is 9.71 Å². The molecule has 0 aliphatic carbocycles. The lowest BCUT2D eigenvalue weighted by Crippen LogP contribution is -2.23. The molecular formula is C16H15ClN2O2S. The molecule has 1 heterocycles. The van der Waals surface area contributed by atoms with Gasteiger partial charge >= 0.3 is 0 Å². The molecule has 0 atom stereocenters. The molecule has 0 amide bonds. The van der Waals surface area contributed by atoms with Gasteiger partial charge < -0.3 is 4.98 Å². The van der Waals surface area contributed by atoms with Gasteiger partial charge in [0.05, 0.1) is 4.90 Å². The van der Waals surface area contributed by atoms with Gasteiger partial charge in [0.1, 0.15) is 0 Å². The van der Waals surface area contributed by atoms with Crippen LogP contribution < -0.4 is 4.72 Å². The third-order valence-corrected chi connectivity index (χ3v) is 5.21. The molecule has 0 fully saturated rings. The number of halogens is 1. The van der Waals surface area contributed by atoms with Crippen molar-refractivity contribution in [2.75, 3.05) is 0 Å². The maximum Gasteiger partial charge on any atom is 0.240 e. The molecule has 0 spiro atoms. The summed E-state index contributed by atoms with van der Waals surface area (Å²) in [7, 11) is -3.59. The number of hydrogen-bond acceptors (Lipinski definition) is 2. The smallest absolute Gasteiger partial charge is 0.240 e. The molecular weight excluding hydrogens is 320 g/mol. The van der Waals surface area contributed by atoms with Crippen molar-refractivity contribution < 1.29 is 8.42 Å². The van der Waals surface area contributed by atoms with E-state index in [0.717, 1.165) is 22.2 Å². The van der Waals surface area contributed by atoms with Crippen molar-refractivity contribution >= 4 is 32.5 Å². The van der Waals surface area contributed by atoms with Crippen LogP contribution in [0.25, 0.3) is 10.9 Å². The molecule has 2 aromatic carbocycles. The lowest BCUT2D eigenvalue weighted by atomic mass is 10.1. The highest BCUT2D eigenvalue weighted by atomic mass is 35.5. The number of fused-ring (bicyclic) bond motifs is 1. The van der Waals surface area contributed by atoms with Crippen LogP contribution in [0.4, 0.5) is 0 Å². The maximum absolute atomic E-state index is 12.3. The van der Waals surface area contributed by atoms with Gasteiger partial charge in [-0.25, -0.2) is 13.1 Å². The highest BCUT2D eigenvalue weighted by Crippen LogP contribution is 2.22. The van der Waals surface area contributed by atoms with E-state index in [1.54, 1.807) is 12.1 Å². The monoisotopic (exact) mass is 334 g/mol. The van der Waals surface area contributed by atoms with Crippen molar-refractivity contribution in [1.29, 1.82) is 0 Å². The Morgan fingerprint density at radius 3 is 2.68 bits per heavy atom. The molecule has 0 saturated heterocycles. The van der Waals surface area contributed by atoms with Crippen LogP contribution in [-0.4, -0.2) is 13.4 Å². The van der Waals surface area contributed by atoms with Crippen LogP contribution in [0.15, 0.2) is 53.4 Å². The van der Waals surface area contributed by atoms with Crippen LogP contribution in [0, 0.1) is 6.92 Å². The number of hydrogen-bond donors (Lipinski definition) is 2. The van der Waals surface area contributed by atoms with Gasteiger partial charge in [0.25, 0.3) is 0 Å². The van der Waals surface area contributed by atoms with E-state index < -0.39 is 10.0 Å². The molecule has 1 aromatic heterocycles. The summed E-state index contributed by atoms with van der Waals surface area (Å²) in [5, 5.41) is 1.42. The number of sulfonamides is 1. The first-order chi connectivity index (χ1) is 10.5. The number of aromatic nitrogens is 1. The summed E-state index contributed by atoms with van der Waals surface area (Å²) in [4.78, 5) is 3.42. The predicted octanol–water partition coefficient (Wildman–Crippen LogP) is 3.61. The minimum Gasteiger partial charge on any atom is -0.358 e. The summed E-state index contributed by atoms with van der Waals surface area (Å²) in [6.45, 7) is 2.16. The summed E-state index contributed by atoms with van der Waals surface area (Å²) in [5.41, 5.74) is 2.90. The second kappa shape index (κ2) is 5.76. The second-order valence-electron chi connectivity index (χ2n) is 5.06. The summed E-state index contributed by atoms with van der Waals surface area (Å²) in [5.74, 6) is 0. The normalized spacial score (nSPS) is 11.9. The van der Waals surface area contributed by atoms with E-state index in [2.05, 4.69) is 9.71 Å². The average Bonchev–Trinajstić information content (AvgIpc) is 2.80. The van der Waals surface area contributed by atoms with Crippen molar-refractivity contribution in [3.8, 4) is 0 Å². The van der Waals surface area contributed by atoms with E-state index in [9.17, 15) is 8.42 Å². The van der Waals surface area contributed by atoms with Crippen LogP contribution in [0.1, 0.15) is 11.3 Å². The zero-order chi connectivity index (χ0) is 15.7. The molecule has 114 valence electrons. The standard InChI is InChI=1S/C16H15ClN2O2S/c1-11-15(14-7-2-3-8-16(14)19-11)10-18-22(20,21)13-6-4-5-12(17)9-13/h2-9,18-19H,10H2,1H3. The van der Waals surface area contributed by atoms with Crippen LogP contribution in [0.2, 0.25) is 5.02 Å². The second-order valence-corrected chi connectivity index (χ2v) is 7.26. The number of H-pyrrole nitrogens is 1. The van der Waals surface area contributed by atoms with Gasteiger partial charge in [-0.15, -0.1) is 0 Å². The van der Waals surface area contributed by atoms with Gasteiger partial charge in [0.2, 0.25) is 10.0 Å². The van der Waals surface area contributed by atoms with Gasteiger partial charge in [-0.05, 0) is 36.8 Å². The summed E-state index contributed by atoms with van der Waals surface area (Å²) >= 11 is 5.86. The molecule has 0 saturated carbocycles. The molecule has 0 unspecified atom stereocenters. The highest BCUT2D eigenvalue weighted by Gasteiger charge is 2.16. The highest BCUT2D eigenvalue weighted by molar-refractivity contribution is 7.89. The average molecular weight is 335 g/mol. The Hall–Kier alpha value is -1.82. The minimum absolute atomic E-state index is 0.164. The summed E-state index contributed by atoms with van der Waals surface area (Å²) in [6, 6.07) is 14.0. The number of benzene rings is 2. The number of rotatable bonds is 4. The fourth-order valence-electron chi connectivity index (χ4n) is 2.45. The first kappa shape index (κ1) is 15.1. The van der Waals surface area contributed by atoms with E-state index in [4.69, 9.17) is 11.6 Å². The third kappa shape index (κ3) is 2.88. The summed E-state index contributed by atoms with van der Waals surface area (Å²) in [6.07, 6.45) is 0. The van der Waals surface area contributed by atoms with Crippen LogP contribution >= 0.6 is 11.6 Å². The van der Waals surface area contributed by atoms with Crippen molar-refractivity contribution in [2.45, 2.75) is 18.4 Å². The molecule has 4 nitrogen and oxygen atoms in total. The molecule has 0 radical (unpaired) electrons. The lowest BCUT2D eigenvalue weighted by molar-refractivity contribution is 0.581. The quantitative estimate of drug-likeness (QED) is 0.765. The molecule has 0 aliphatic heterocycles. The fraction of sp³-hybridized carbons (Fsp3) is 0.125. The minimum atomic E-state index is -3.59. The van der Waals surface area contributed by atoms with E-state index in [1.165, 1.54) is 12.1 Å². The van der Waals surface area contributed by atoms with E-state index >= 15 is 0 Å². The van der Waals surface area contributed by atoms with Gasteiger partial charge in [-0.2, -0.15) is 0 Å². The SMILES string of the molecule is Cc1[nH]c2ccccc2c1CNS(=O)(=O)c1cccc(Cl)c1. The largest absolute Gasteiger partial charge is 0.358 e. The van der Waals surface area contributed by atoms with Crippen LogP contribution in [-0.2, 0) is 16.6 Å². The Morgan fingerprint density at radius 2 is 1.91 bits per heavy atom. The molecule has 2 N–H and O–H groups in total. The van der Waals surface area contributed by atoms with Gasteiger partial charge in [0.15, 0.2) is 0 Å². The Bertz CT molecular complexity index is 932. The van der Waals surface area contributed by atoms with Crippen LogP contribution in [0.3, 0.4) is 0 Å². The molecule has 0 bridgehead atoms. The van der Waals surface area contributed by atoms with Crippen molar-refractivity contribution in [3.63, 3.8) is 0 Å². The van der Waals surface area contributed by atoms with Gasteiger partial charge in [-0.3, -0.25) is 0 Å². The van der Waals surface area contributed by atoms with E-state index in [1.807, 2.05) is 31.2 Å². The van der Waals surface area contributed by atoms with Gasteiger partial charge in [0, 0.05) is 28.2 Å². The number of aromatic amines is 1. The summed E-state index contributed by atoms with van der Waals surface area (Å²) < 4.78 is 27.3. The fourth-order valence-corrected chi connectivity index (χ4v) is 3.74. The predicted molar refractivity (Wildman–Crippen MR) is 88.5 cm³/mol. The third-order valence-electron chi connectivity index (χ3n) is 3.57. The Labute approximate surface area is 134 Å². The van der Waals surface area contributed by atoms with Crippen molar-refractivity contribution in [3.05, 3.63) is 64.8 Å². The Morgan fingerprint density at radius 1 is 1.14 bits per heavy atom. The lowest BCUT2D eigenvalue weighted by Gasteiger charge is -2.07. The van der Waals surface area contributed by atoms with Gasteiger partial charge in [-0.1, -0.05) is 35.9 Å². The maximum atomic E-state index is 12.3. The number of para-hydroxylation sites is 1. The Kier molecular flexibility index (Phi) is 3.95. The topological polar surface area (TPSA) is 62.0 Å². The van der Waals surface area contributed by atoms with Crippen LogP contribution in [0.5, 0.6) is 0 Å². The first-order valence-corrected chi connectivity index (χ1v) is 8.65. The molecule has 22 heavy (non-hydrogen) atoms. The number of aryl methyl sites for hydroxylation is 1. The van der Waals surface area contributed by atoms with E-state index in [0.29, 0.717) is 5.02 Å². The molecule has 0 aliphatic rings. The Balaban J connectivity index is 1.89. The first-order valence-electron chi connectivity index (χ1n) is 6.79. The molecule has 3 aromatic rings. The van der Waals surface area contributed by atoms with E-state index in [-0.39, 0.29) is 11.4 Å². The zero-order valence-electron chi connectivity index (χ0n) is 11.9. The number of nitrogens with one attached hydrogen (secondary N) is 2. The zero-order valence-corrected chi connectivity index (χ0v) is 13.5. The molecule has 3 rings (SSSR count). The molecule has 6 heteroatoms. The van der Waals surface area contributed by atoms with Crippen molar-refractivity contribution in [2.24, 2.45) is 0 Å².